The van der Waals surface area contributed by atoms with Crippen LogP contribution in [0.4, 0.5) is 0 Å². The van der Waals surface area contributed by atoms with Crippen molar-refractivity contribution in [1.29, 1.82) is 0 Å². The smallest absolute Gasteiger partial charge is 0.175 e. The van der Waals surface area contributed by atoms with Crippen LogP contribution in [-0.4, -0.2) is 35.1 Å². The Morgan fingerprint density at radius 3 is 2.75 bits per heavy atom. The van der Waals surface area contributed by atoms with E-state index < -0.39 is 0 Å². The van der Waals surface area contributed by atoms with E-state index in [0.717, 1.165) is 8.68 Å². The van der Waals surface area contributed by atoms with Crippen molar-refractivity contribution < 1.29 is 9.53 Å². The molecule has 0 radical (unpaired) electrons. The number of thioether (sulfide) groups is 2. The quantitative estimate of drug-likeness (QED) is 0.584. The standard InChI is InChI=1S/C12H11ClN2O2S3/c1-17-10-4-3-7(5-8(10)13)9(16)6-19-12-15-14-11(18-2)20-12/h3-5H,6H2,1-2H3. The number of nitrogens with zero attached hydrogens (tertiary/aromatic N) is 2. The van der Waals surface area contributed by atoms with Gasteiger partial charge in [0.15, 0.2) is 14.5 Å². The van der Waals surface area contributed by atoms with Crippen LogP contribution in [0.25, 0.3) is 0 Å². The van der Waals surface area contributed by atoms with Crippen molar-refractivity contribution in [2.75, 3.05) is 19.1 Å². The SMILES string of the molecule is COc1ccc(C(=O)CSc2nnc(SC)s2)cc1Cl. The second-order valence-corrected chi connectivity index (χ2v) is 7.26. The van der Waals surface area contributed by atoms with Crippen LogP contribution in [0.3, 0.4) is 0 Å². The highest BCUT2D eigenvalue weighted by Crippen LogP contribution is 2.29. The van der Waals surface area contributed by atoms with Gasteiger partial charge in [-0.05, 0) is 24.5 Å². The van der Waals surface area contributed by atoms with Gasteiger partial charge in [0.2, 0.25) is 0 Å². The maximum Gasteiger partial charge on any atom is 0.175 e. The zero-order valence-electron chi connectivity index (χ0n) is 10.8. The van der Waals surface area contributed by atoms with Crippen molar-refractivity contribution >= 4 is 52.2 Å². The van der Waals surface area contributed by atoms with E-state index in [2.05, 4.69) is 10.2 Å². The summed E-state index contributed by atoms with van der Waals surface area (Å²) in [7, 11) is 1.54. The minimum Gasteiger partial charge on any atom is -0.495 e. The minimum atomic E-state index is 0.000421. The van der Waals surface area contributed by atoms with Gasteiger partial charge in [-0.25, -0.2) is 0 Å². The first-order valence-corrected chi connectivity index (χ1v) is 8.91. The molecule has 0 fully saturated rings. The van der Waals surface area contributed by atoms with Crippen LogP contribution >= 0.6 is 46.5 Å². The Kier molecular flexibility index (Phi) is 5.71. The number of ketones is 1. The number of carbonyl (C=O) groups is 1. The molecule has 1 aromatic heterocycles. The number of rotatable bonds is 6. The molecule has 0 saturated carbocycles. The second kappa shape index (κ2) is 7.31. The van der Waals surface area contributed by atoms with Gasteiger partial charge in [-0.2, -0.15) is 0 Å². The highest BCUT2D eigenvalue weighted by atomic mass is 35.5. The summed E-state index contributed by atoms with van der Waals surface area (Å²) in [6.07, 6.45) is 1.94. The molecule has 0 saturated heterocycles. The van der Waals surface area contributed by atoms with Crippen LogP contribution in [0, 0.1) is 0 Å². The summed E-state index contributed by atoms with van der Waals surface area (Å²) in [5.41, 5.74) is 0.568. The predicted molar refractivity (Wildman–Crippen MR) is 84.7 cm³/mol. The Morgan fingerprint density at radius 2 is 2.15 bits per heavy atom. The third-order valence-electron chi connectivity index (χ3n) is 2.36. The second-order valence-electron chi connectivity index (χ2n) is 3.60. The molecule has 2 rings (SSSR count). The number of hydrogen-bond acceptors (Lipinski definition) is 7. The van der Waals surface area contributed by atoms with Crippen LogP contribution in [0.1, 0.15) is 10.4 Å². The van der Waals surface area contributed by atoms with Crippen molar-refractivity contribution in [3.8, 4) is 5.75 Å². The van der Waals surface area contributed by atoms with Gasteiger partial charge in [0.1, 0.15) is 5.75 Å². The summed E-state index contributed by atoms with van der Waals surface area (Å²) in [6.45, 7) is 0. The van der Waals surface area contributed by atoms with Crippen molar-refractivity contribution in [3.63, 3.8) is 0 Å². The number of hydrogen-bond donors (Lipinski definition) is 0. The lowest BCUT2D eigenvalue weighted by Gasteiger charge is -2.04. The molecule has 0 unspecified atom stereocenters. The van der Waals surface area contributed by atoms with Crippen LogP contribution in [0.2, 0.25) is 5.02 Å². The van der Waals surface area contributed by atoms with Crippen LogP contribution in [-0.2, 0) is 0 Å². The first-order chi connectivity index (χ1) is 9.63. The molecule has 0 amide bonds. The topological polar surface area (TPSA) is 52.1 Å². The minimum absolute atomic E-state index is 0.000421. The van der Waals surface area contributed by atoms with Crippen molar-refractivity contribution in [2.45, 2.75) is 8.68 Å². The molecule has 4 nitrogen and oxygen atoms in total. The van der Waals surface area contributed by atoms with Gasteiger partial charge >= 0.3 is 0 Å². The molecule has 0 aliphatic rings. The van der Waals surface area contributed by atoms with E-state index in [1.54, 1.807) is 30.0 Å². The van der Waals surface area contributed by atoms with E-state index in [1.807, 2.05) is 6.26 Å². The van der Waals surface area contributed by atoms with Gasteiger partial charge in [-0.1, -0.05) is 46.5 Å². The molecule has 20 heavy (non-hydrogen) atoms. The van der Waals surface area contributed by atoms with E-state index in [9.17, 15) is 4.79 Å². The molecule has 2 aromatic rings. The molecule has 8 heteroatoms. The molecule has 0 spiro atoms. The largest absolute Gasteiger partial charge is 0.495 e. The summed E-state index contributed by atoms with van der Waals surface area (Å²) >= 11 is 10.4. The molecule has 0 bridgehead atoms. The van der Waals surface area contributed by atoms with Gasteiger partial charge in [-0.3, -0.25) is 4.79 Å². The Bertz CT molecular complexity index is 618. The van der Waals surface area contributed by atoms with Crippen LogP contribution < -0.4 is 4.74 Å². The van der Waals surface area contributed by atoms with E-state index in [-0.39, 0.29) is 5.78 Å². The first-order valence-electron chi connectivity index (χ1n) is 5.51. The summed E-state index contributed by atoms with van der Waals surface area (Å²) in [5.74, 6) is 0.871. The zero-order valence-corrected chi connectivity index (χ0v) is 14.0. The number of carbonyl (C=O) groups excluding carboxylic acids is 1. The van der Waals surface area contributed by atoms with Crippen molar-refractivity contribution in [1.82, 2.24) is 10.2 Å². The van der Waals surface area contributed by atoms with Gasteiger partial charge in [0, 0.05) is 5.56 Å². The summed E-state index contributed by atoms with van der Waals surface area (Å²) in [4.78, 5) is 12.1. The van der Waals surface area contributed by atoms with Gasteiger partial charge in [-0.15, -0.1) is 10.2 Å². The number of Topliss-reactive ketones (excluding diaryl/α,β-unsaturated/α-hetero) is 1. The third-order valence-corrected chi connectivity index (χ3v) is 5.69. The summed E-state index contributed by atoms with van der Waals surface area (Å²) in [5, 5.41) is 8.43. The Labute approximate surface area is 134 Å². The molecular formula is C12H11ClN2O2S3. The molecule has 1 aromatic carbocycles. The van der Waals surface area contributed by atoms with Crippen molar-refractivity contribution in [2.24, 2.45) is 0 Å². The average molecular weight is 347 g/mol. The van der Waals surface area contributed by atoms with Crippen LogP contribution in [0.5, 0.6) is 5.75 Å². The Balaban J connectivity index is 1.99. The molecule has 1 heterocycles. The van der Waals surface area contributed by atoms with E-state index in [1.165, 1.54) is 30.2 Å². The number of halogens is 1. The number of methoxy groups -OCH3 is 1. The monoisotopic (exact) mass is 346 g/mol. The maximum absolute atomic E-state index is 12.1. The number of aromatic nitrogens is 2. The van der Waals surface area contributed by atoms with Gasteiger partial charge in [0.25, 0.3) is 0 Å². The predicted octanol–water partition coefficient (Wildman–Crippen LogP) is 3.90. The lowest BCUT2D eigenvalue weighted by atomic mass is 10.1. The average Bonchev–Trinajstić information content (AvgIpc) is 2.92. The fourth-order valence-corrected chi connectivity index (χ4v) is 3.98. The molecule has 0 aliphatic heterocycles. The molecule has 0 aliphatic carbocycles. The first kappa shape index (κ1) is 15.6. The molecule has 0 N–H and O–H groups in total. The Morgan fingerprint density at radius 1 is 1.40 bits per heavy atom. The summed E-state index contributed by atoms with van der Waals surface area (Å²) < 4.78 is 6.75. The fourth-order valence-electron chi connectivity index (χ4n) is 1.39. The lowest BCUT2D eigenvalue weighted by Crippen LogP contribution is -2.02. The fraction of sp³-hybridized carbons (Fsp3) is 0.250. The molecular weight excluding hydrogens is 336 g/mol. The summed E-state index contributed by atoms with van der Waals surface area (Å²) in [6, 6.07) is 5.02. The van der Waals surface area contributed by atoms with Crippen LogP contribution in [0.15, 0.2) is 26.9 Å². The van der Waals surface area contributed by atoms with Gasteiger partial charge in [0.05, 0.1) is 17.9 Å². The third kappa shape index (κ3) is 3.88. The normalized spacial score (nSPS) is 10.6. The highest BCUT2D eigenvalue weighted by molar-refractivity contribution is 8.03. The van der Waals surface area contributed by atoms with Gasteiger partial charge < -0.3 is 4.74 Å². The number of benzene rings is 1. The maximum atomic E-state index is 12.1. The van der Waals surface area contributed by atoms with Crippen molar-refractivity contribution in [3.05, 3.63) is 28.8 Å². The van der Waals surface area contributed by atoms with E-state index >= 15 is 0 Å². The highest BCUT2D eigenvalue weighted by Gasteiger charge is 2.11. The molecule has 0 atom stereocenters. The number of ether oxygens (including phenoxy) is 1. The van der Waals surface area contributed by atoms with E-state index in [0.29, 0.717) is 22.1 Å². The Hall–Kier alpha value is -0.760. The molecule has 106 valence electrons. The zero-order chi connectivity index (χ0) is 14.5. The van der Waals surface area contributed by atoms with E-state index in [4.69, 9.17) is 16.3 Å². The lowest BCUT2D eigenvalue weighted by molar-refractivity contribution is 0.102.